The lowest BCUT2D eigenvalue weighted by atomic mass is 10.1. The topological polar surface area (TPSA) is 46.9 Å². The minimum atomic E-state index is -0.573. The van der Waals surface area contributed by atoms with Crippen LogP contribution in [0.3, 0.4) is 0 Å². The van der Waals surface area contributed by atoms with Crippen LogP contribution in [0.2, 0.25) is 5.02 Å². The number of hydrogen-bond acceptors (Lipinski definition) is 3. The molecule has 0 aromatic carbocycles. The molecule has 0 saturated heterocycles. The fourth-order valence-corrected chi connectivity index (χ4v) is 1.34. The van der Waals surface area contributed by atoms with Crippen molar-refractivity contribution in [2.45, 2.75) is 32.9 Å². The zero-order valence-corrected chi connectivity index (χ0v) is 10.3. The van der Waals surface area contributed by atoms with Crippen LogP contribution in [0.4, 0.5) is 5.69 Å². The Kier molecular flexibility index (Phi) is 3.61. The van der Waals surface area contributed by atoms with Crippen LogP contribution in [-0.4, -0.2) is 15.3 Å². The zero-order chi connectivity index (χ0) is 12.3. The molecule has 0 spiro atoms. The van der Waals surface area contributed by atoms with E-state index in [1.807, 2.05) is 20.8 Å². The smallest absolute Gasteiger partial charge is 0.287 e. The first-order chi connectivity index (χ1) is 7.41. The van der Waals surface area contributed by atoms with Gasteiger partial charge < -0.3 is 5.32 Å². The minimum Gasteiger partial charge on any atom is -0.367 e. The molecule has 0 aliphatic carbocycles. The normalized spacial score (nSPS) is 10.9. The Morgan fingerprint density at radius 1 is 1.69 bits per heavy atom. The Bertz CT molecular complexity index is 485. The van der Waals surface area contributed by atoms with Gasteiger partial charge in [0.25, 0.3) is 5.56 Å². The van der Waals surface area contributed by atoms with Crippen LogP contribution in [-0.2, 0) is 6.54 Å². The molecule has 0 saturated carbocycles. The van der Waals surface area contributed by atoms with Gasteiger partial charge in [0.2, 0.25) is 0 Å². The molecule has 0 unspecified atom stereocenters. The molecule has 1 aromatic rings. The van der Waals surface area contributed by atoms with Crippen LogP contribution < -0.4 is 10.9 Å². The van der Waals surface area contributed by atoms with E-state index in [0.29, 0.717) is 12.2 Å². The number of terminal acetylenes is 1. The van der Waals surface area contributed by atoms with Gasteiger partial charge in [0.05, 0.1) is 17.4 Å². The van der Waals surface area contributed by atoms with Crippen molar-refractivity contribution in [3.63, 3.8) is 0 Å². The van der Waals surface area contributed by atoms with Crippen molar-refractivity contribution in [1.29, 1.82) is 0 Å². The van der Waals surface area contributed by atoms with Crippen LogP contribution >= 0.6 is 11.6 Å². The number of nitrogens with one attached hydrogen (secondary N) is 1. The molecule has 0 bridgehead atoms. The highest BCUT2D eigenvalue weighted by Gasteiger charge is 2.17. The maximum atomic E-state index is 11.7. The number of aryl methyl sites for hydroxylation is 1. The first kappa shape index (κ1) is 12.6. The van der Waals surface area contributed by atoms with Crippen molar-refractivity contribution in [3.05, 3.63) is 21.6 Å². The summed E-state index contributed by atoms with van der Waals surface area (Å²) in [6.45, 7) is 5.93. The monoisotopic (exact) mass is 239 g/mol. The van der Waals surface area contributed by atoms with Crippen LogP contribution in [0.1, 0.15) is 20.8 Å². The lowest BCUT2D eigenvalue weighted by molar-refractivity contribution is 0.614. The number of nitrogens with zero attached hydrogens (tertiary/aromatic N) is 2. The summed E-state index contributed by atoms with van der Waals surface area (Å²) in [4.78, 5) is 11.7. The van der Waals surface area contributed by atoms with Gasteiger partial charge >= 0.3 is 0 Å². The SMILES string of the molecule is C#CC(C)(C)Nc1cnn(CC)c(=O)c1Cl. The Balaban J connectivity index is 3.15. The van der Waals surface area contributed by atoms with E-state index in [1.165, 1.54) is 10.9 Å². The van der Waals surface area contributed by atoms with E-state index in [2.05, 4.69) is 16.3 Å². The standard InChI is InChI=1S/C11H14ClN3O/c1-5-11(3,4)14-8-7-13-15(6-2)10(16)9(8)12/h1,7,14H,6H2,2-4H3. The van der Waals surface area contributed by atoms with E-state index in [4.69, 9.17) is 18.0 Å². The molecule has 16 heavy (non-hydrogen) atoms. The van der Waals surface area contributed by atoms with E-state index >= 15 is 0 Å². The highest BCUT2D eigenvalue weighted by Crippen LogP contribution is 2.19. The molecule has 0 aliphatic rings. The number of anilines is 1. The number of hydrogen-bond donors (Lipinski definition) is 1. The van der Waals surface area contributed by atoms with Crippen molar-refractivity contribution in [2.24, 2.45) is 0 Å². The molecule has 1 aromatic heterocycles. The maximum absolute atomic E-state index is 11.7. The number of halogens is 1. The van der Waals surface area contributed by atoms with Gasteiger partial charge in [-0.05, 0) is 20.8 Å². The highest BCUT2D eigenvalue weighted by atomic mass is 35.5. The third-order valence-corrected chi connectivity index (χ3v) is 2.46. The Morgan fingerprint density at radius 2 is 2.31 bits per heavy atom. The summed E-state index contributed by atoms with van der Waals surface area (Å²) in [7, 11) is 0. The predicted octanol–water partition coefficient (Wildman–Crippen LogP) is 1.74. The van der Waals surface area contributed by atoms with E-state index in [-0.39, 0.29) is 10.6 Å². The molecule has 0 atom stereocenters. The van der Waals surface area contributed by atoms with Crippen molar-refractivity contribution in [2.75, 3.05) is 5.32 Å². The van der Waals surface area contributed by atoms with Crippen LogP contribution in [0.5, 0.6) is 0 Å². The molecule has 0 fully saturated rings. The zero-order valence-electron chi connectivity index (χ0n) is 9.54. The molecular weight excluding hydrogens is 226 g/mol. The van der Waals surface area contributed by atoms with Gasteiger partial charge in [0.1, 0.15) is 5.02 Å². The third kappa shape index (κ3) is 2.56. The third-order valence-electron chi connectivity index (χ3n) is 2.09. The highest BCUT2D eigenvalue weighted by molar-refractivity contribution is 6.32. The molecular formula is C11H14ClN3O. The Hall–Kier alpha value is -1.47. The number of rotatable bonds is 3. The van der Waals surface area contributed by atoms with Crippen LogP contribution in [0.25, 0.3) is 0 Å². The van der Waals surface area contributed by atoms with Crippen LogP contribution in [0.15, 0.2) is 11.0 Å². The molecule has 0 aliphatic heterocycles. The summed E-state index contributed by atoms with van der Waals surface area (Å²) >= 11 is 5.94. The fraction of sp³-hybridized carbons (Fsp3) is 0.455. The molecule has 1 N–H and O–H groups in total. The summed E-state index contributed by atoms with van der Waals surface area (Å²) in [6.07, 6.45) is 6.85. The summed E-state index contributed by atoms with van der Waals surface area (Å²) in [6, 6.07) is 0. The van der Waals surface area contributed by atoms with Crippen molar-refractivity contribution in [3.8, 4) is 12.3 Å². The molecule has 0 amide bonds. The lowest BCUT2D eigenvalue weighted by Crippen LogP contribution is -2.31. The predicted molar refractivity (Wildman–Crippen MR) is 65.7 cm³/mol. The molecule has 0 radical (unpaired) electrons. The minimum absolute atomic E-state index is 0.111. The lowest BCUT2D eigenvalue weighted by Gasteiger charge is -2.21. The largest absolute Gasteiger partial charge is 0.367 e. The van der Waals surface area contributed by atoms with Gasteiger partial charge in [-0.15, -0.1) is 6.42 Å². The Morgan fingerprint density at radius 3 is 2.81 bits per heavy atom. The quantitative estimate of drug-likeness (QED) is 0.818. The van der Waals surface area contributed by atoms with Crippen molar-refractivity contribution >= 4 is 17.3 Å². The Labute approximate surface area is 99.6 Å². The molecule has 1 rings (SSSR count). The van der Waals surface area contributed by atoms with Crippen molar-refractivity contribution < 1.29 is 0 Å². The molecule has 5 heteroatoms. The van der Waals surface area contributed by atoms with Crippen molar-refractivity contribution in [1.82, 2.24) is 9.78 Å². The maximum Gasteiger partial charge on any atom is 0.287 e. The van der Waals surface area contributed by atoms with E-state index in [9.17, 15) is 4.79 Å². The second-order valence-electron chi connectivity index (χ2n) is 3.89. The second-order valence-corrected chi connectivity index (χ2v) is 4.27. The van der Waals surface area contributed by atoms with Gasteiger partial charge in [-0.25, -0.2) is 4.68 Å². The number of aromatic nitrogens is 2. The average Bonchev–Trinajstić information content (AvgIpc) is 2.25. The van der Waals surface area contributed by atoms with Gasteiger partial charge in [0, 0.05) is 6.54 Å². The molecule has 1 heterocycles. The summed E-state index contributed by atoms with van der Waals surface area (Å²) in [5.41, 5.74) is -0.433. The molecule has 4 nitrogen and oxygen atoms in total. The van der Waals surface area contributed by atoms with E-state index < -0.39 is 5.54 Å². The van der Waals surface area contributed by atoms with Gasteiger partial charge in [-0.1, -0.05) is 17.5 Å². The summed E-state index contributed by atoms with van der Waals surface area (Å²) < 4.78 is 1.29. The van der Waals surface area contributed by atoms with Gasteiger partial charge in [-0.2, -0.15) is 5.10 Å². The molecule has 86 valence electrons. The van der Waals surface area contributed by atoms with Gasteiger partial charge in [0.15, 0.2) is 0 Å². The first-order valence-corrected chi connectivity index (χ1v) is 5.30. The fourth-order valence-electron chi connectivity index (χ4n) is 1.15. The van der Waals surface area contributed by atoms with E-state index in [0.717, 1.165) is 0 Å². The van der Waals surface area contributed by atoms with E-state index in [1.54, 1.807) is 0 Å². The average molecular weight is 240 g/mol. The summed E-state index contributed by atoms with van der Waals surface area (Å²) in [5, 5.41) is 7.06. The second kappa shape index (κ2) is 4.58. The summed E-state index contributed by atoms with van der Waals surface area (Å²) in [5.74, 6) is 2.56. The van der Waals surface area contributed by atoms with Gasteiger partial charge in [-0.3, -0.25) is 4.79 Å². The first-order valence-electron chi connectivity index (χ1n) is 4.93. The van der Waals surface area contributed by atoms with Crippen LogP contribution in [0, 0.1) is 12.3 Å².